The number of hydrogen-bond donors (Lipinski definition) is 0. The number of carbonyl (C=O) groups excluding carboxylic acids is 1. The fourth-order valence-electron chi connectivity index (χ4n) is 0.355. The van der Waals surface area contributed by atoms with Gasteiger partial charge in [0.2, 0.25) is 0 Å². The average molecular weight is 139 g/mol. The summed E-state index contributed by atoms with van der Waals surface area (Å²) < 4.78 is 4.74. The first-order chi connectivity index (χ1) is 4.72. The van der Waals surface area contributed by atoms with Gasteiger partial charge in [-0.15, -0.1) is 0 Å². The van der Waals surface area contributed by atoms with Gasteiger partial charge >= 0.3 is 0 Å². The Labute approximate surface area is 59.9 Å². The van der Waals surface area contributed by atoms with Crippen LogP contribution in [0, 0.1) is 11.3 Å². The molecule has 0 N–H and O–H groups in total. The molecule has 0 rings (SSSR count). The molecule has 0 saturated heterocycles. The third-order valence-corrected chi connectivity index (χ3v) is 0.868. The highest BCUT2D eigenvalue weighted by atomic mass is 16.5. The van der Waals surface area contributed by atoms with E-state index in [1.165, 1.54) is 13.2 Å². The van der Waals surface area contributed by atoms with Gasteiger partial charge in [0.15, 0.2) is 5.78 Å². The number of nitriles is 1. The van der Waals surface area contributed by atoms with E-state index in [4.69, 9.17) is 10.00 Å². The van der Waals surface area contributed by atoms with Crippen molar-refractivity contribution in [2.45, 2.75) is 13.8 Å². The highest BCUT2D eigenvalue weighted by molar-refractivity contribution is 5.96. The fourth-order valence-corrected chi connectivity index (χ4v) is 0.355. The molecule has 0 saturated carbocycles. The van der Waals surface area contributed by atoms with Gasteiger partial charge in [-0.1, -0.05) is 0 Å². The van der Waals surface area contributed by atoms with Crippen LogP contribution in [0.1, 0.15) is 13.8 Å². The Kier molecular flexibility index (Phi) is 3.97. The molecule has 0 spiro atoms. The summed E-state index contributed by atoms with van der Waals surface area (Å²) in [7, 11) is 0. The molecule has 0 aromatic carbocycles. The second kappa shape index (κ2) is 4.57. The minimum absolute atomic E-state index is 0.0573. The molecule has 3 heteroatoms. The first-order valence-corrected chi connectivity index (χ1v) is 2.95. The van der Waals surface area contributed by atoms with E-state index in [2.05, 4.69) is 0 Å². The number of ketones is 1. The second-order valence-corrected chi connectivity index (χ2v) is 1.65. The van der Waals surface area contributed by atoms with E-state index >= 15 is 0 Å². The van der Waals surface area contributed by atoms with E-state index in [1.807, 2.05) is 0 Å². The quantitative estimate of drug-likeness (QED) is 0.333. The summed E-state index contributed by atoms with van der Waals surface area (Å²) in [6, 6.07) is 1.72. The lowest BCUT2D eigenvalue weighted by atomic mass is 10.2. The largest absolute Gasteiger partial charge is 0.500 e. The molecule has 3 nitrogen and oxygen atoms in total. The lowest BCUT2D eigenvalue weighted by molar-refractivity contribution is -0.113. The van der Waals surface area contributed by atoms with E-state index in [9.17, 15) is 4.79 Å². The molecule has 0 atom stereocenters. The SMILES string of the molecule is CCO/C=C(/C#N)C(C)=O. The summed E-state index contributed by atoms with van der Waals surface area (Å²) in [6.45, 7) is 3.58. The molecule has 0 aliphatic carbocycles. The molecule has 0 fully saturated rings. The minimum Gasteiger partial charge on any atom is -0.500 e. The van der Waals surface area contributed by atoms with Crippen molar-refractivity contribution in [3.05, 3.63) is 11.8 Å². The molecule has 0 amide bonds. The standard InChI is InChI=1S/C7H9NO2/c1-3-10-5-7(4-8)6(2)9/h5H,3H2,1-2H3/b7-5-. The number of rotatable bonds is 3. The normalized spacial score (nSPS) is 10.3. The van der Waals surface area contributed by atoms with Crippen LogP contribution in [-0.4, -0.2) is 12.4 Å². The Hall–Kier alpha value is -1.30. The third kappa shape index (κ3) is 2.88. The number of Topliss-reactive ketones (excluding diaryl/α,β-unsaturated/α-hetero) is 1. The highest BCUT2D eigenvalue weighted by Crippen LogP contribution is 1.93. The molecule has 10 heavy (non-hydrogen) atoms. The number of hydrogen-bond acceptors (Lipinski definition) is 3. The lowest BCUT2D eigenvalue weighted by Crippen LogP contribution is -1.94. The van der Waals surface area contributed by atoms with E-state index in [1.54, 1.807) is 13.0 Å². The van der Waals surface area contributed by atoms with E-state index in [0.29, 0.717) is 6.61 Å². The Morgan fingerprint density at radius 1 is 1.80 bits per heavy atom. The zero-order valence-corrected chi connectivity index (χ0v) is 6.05. The number of ether oxygens (including phenoxy) is 1. The van der Waals surface area contributed by atoms with Crippen molar-refractivity contribution in [2.24, 2.45) is 0 Å². The van der Waals surface area contributed by atoms with Gasteiger partial charge in [-0.3, -0.25) is 4.79 Å². The maximum atomic E-state index is 10.5. The maximum absolute atomic E-state index is 10.5. The molecule has 0 aromatic heterocycles. The third-order valence-electron chi connectivity index (χ3n) is 0.868. The molecule has 54 valence electrons. The lowest BCUT2D eigenvalue weighted by Gasteiger charge is -1.92. The Balaban J connectivity index is 4.09. The minimum atomic E-state index is -0.268. The summed E-state index contributed by atoms with van der Waals surface area (Å²) in [5, 5.41) is 8.30. The fraction of sp³-hybridized carbons (Fsp3) is 0.429. The first kappa shape index (κ1) is 8.70. The summed E-state index contributed by atoms with van der Waals surface area (Å²) in [4.78, 5) is 10.5. The monoisotopic (exact) mass is 139 g/mol. The zero-order chi connectivity index (χ0) is 7.98. The van der Waals surface area contributed by atoms with Crippen molar-refractivity contribution in [1.82, 2.24) is 0 Å². The van der Waals surface area contributed by atoms with E-state index in [-0.39, 0.29) is 11.4 Å². The summed E-state index contributed by atoms with van der Waals surface area (Å²) in [5.74, 6) is -0.268. The molecule has 0 aromatic rings. The highest BCUT2D eigenvalue weighted by Gasteiger charge is 2.00. The number of allylic oxidation sites excluding steroid dienone is 1. The molecule has 0 aliphatic rings. The van der Waals surface area contributed by atoms with E-state index < -0.39 is 0 Å². The first-order valence-electron chi connectivity index (χ1n) is 2.95. The molecular formula is C7H9NO2. The Morgan fingerprint density at radius 2 is 2.40 bits per heavy atom. The predicted octanol–water partition coefficient (Wildman–Crippen LogP) is 1.02. The number of carbonyl (C=O) groups is 1. The summed E-state index contributed by atoms with van der Waals surface area (Å²) in [6.07, 6.45) is 1.18. The van der Waals surface area contributed by atoms with Crippen molar-refractivity contribution < 1.29 is 9.53 Å². The summed E-state index contributed by atoms with van der Waals surface area (Å²) >= 11 is 0. The average Bonchev–Trinajstić information content (AvgIpc) is 1.89. The molecule has 0 radical (unpaired) electrons. The van der Waals surface area contributed by atoms with Crippen molar-refractivity contribution in [1.29, 1.82) is 5.26 Å². The molecular weight excluding hydrogens is 130 g/mol. The smallest absolute Gasteiger partial charge is 0.173 e. The van der Waals surface area contributed by atoms with Crippen LogP contribution < -0.4 is 0 Å². The van der Waals surface area contributed by atoms with Crippen LogP contribution in [0.15, 0.2) is 11.8 Å². The van der Waals surface area contributed by atoms with Gasteiger partial charge < -0.3 is 4.74 Å². The van der Waals surface area contributed by atoms with Gasteiger partial charge in [-0.2, -0.15) is 5.26 Å². The van der Waals surface area contributed by atoms with Crippen LogP contribution in [0.2, 0.25) is 0 Å². The van der Waals surface area contributed by atoms with Gasteiger partial charge in [0, 0.05) is 0 Å². The Morgan fingerprint density at radius 3 is 2.70 bits per heavy atom. The molecule has 0 aliphatic heterocycles. The van der Waals surface area contributed by atoms with Crippen LogP contribution in [0.4, 0.5) is 0 Å². The number of nitrogens with zero attached hydrogens (tertiary/aromatic N) is 1. The summed E-state index contributed by atoms with van der Waals surface area (Å²) in [5.41, 5.74) is 0.0573. The maximum Gasteiger partial charge on any atom is 0.173 e. The van der Waals surface area contributed by atoms with Crippen LogP contribution in [0.3, 0.4) is 0 Å². The van der Waals surface area contributed by atoms with Gasteiger partial charge in [0.1, 0.15) is 17.9 Å². The van der Waals surface area contributed by atoms with E-state index in [0.717, 1.165) is 0 Å². The Bertz CT molecular complexity index is 188. The van der Waals surface area contributed by atoms with Crippen LogP contribution in [0.5, 0.6) is 0 Å². The van der Waals surface area contributed by atoms with Gasteiger partial charge in [-0.05, 0) is 13.8 Å². The van der Waals surface area contributed by atoms with Crippen molar-refractivity contribution >= 4 is 5.78 Å². The van der Waals surface area contributed by atoms with Crippen LogP contribution in [0.25, 0.3) is 0 Å². The van der Waals surface area contributed by atoms with Crippen LogP contribution in [-0.2, 0) is 9.53 Å². The van der Waals surface area contributed by atoms with Crippen molar-refractivity contribution in [3.63, 3.8) is 0 Å². The molecule has 0 unspecified atom stereocenters. The second-order valence-electron chi connectivity index (χ2n) is 1.65. The van der Waals surface area contributed by atoms with Crippen molar-refractivity contribution in [3.8, 4) is 6.07 Å². The zero-order valence-electron chi connectivity index (χ0n) is 6.05. The van der Waals surface area contributed by atoms with Gasteiger partial charge in [0.05, 0.1) is 6.61 Å². The van der Waals surface area contributed by atoms with Crippen molar-refractivity contribution in [2.75, 3.05) is 6.61 Å². The van der Waals surface area contributed by atoms with Crippen LogP contribution >= 0.6 is 0 Å². The topological polar surface area (TPSA) is 50.1 Å². The molecule has 0 heterocycles. The molecule has 0 bridgehead atoms. The predicted molar refractivity (Wildman–Crippen MR) is 36.0 cm³/mol. The van der Waals surface area contributed by atoms with Gasteiger partial charge in [0.25, 0.3) is 0 Å². The van der Waals surface area contributed by atoms with Gasteiger partial charge in [-0.25, -0.2) is 0 Å².